The number of guanidine groups is 1. The molecule has 1 saturated heterocycles. The third-order valence-corrected chi connectivity index (χ3v) is 4.95. The summed E-state index contributed by atoms with van der Waals surface area (Å²) in [6.45, 7) is 8.56. The van der Waals surface area contributed by atoms with Crippen LogP contribution in [0.15, 0.2) is 33.8 Å². The minimum absolute atomic E-state index is 0. The van der Waals surface area contributed by atoms with E-state index in [-0.39, 0.29) is 24.0 Å². The lowest BCUT2D eigenvalue weighted by molar-refractivity contribution is 0.267. The van der Waals surface area contributed by atoms with E-state index >= 15 is 0 Å². The molecule has 0 amide bonds. The Balaban J connectivity index is 0.00000280. The number of nitrogens with one attached hydrogen (secondary N) is 2. The highest BCUT2D eigenvalue weighted by molar-refractivity contribution is 14.0. The molecule has 9 heteroatoms. The molecule has 3 rings (SSSR count). The van der Waals surface area contributed by atoms with Gasteiger partial charge in [0.1, 0.15) is 6.54 Å². The largest absolute Gasteiger partial charge is 0.357 e. The summed E-state index contributed by atoms with van der Waals surface area (Å²) in [5.41, 5.74) is 0.865. The zero-order valence-corrected chi connectivity index (χ0v) is 19.4. The molecular weight excluding hydrogens is 491 g/mol. The third-order valence-electron chi connectivity index (χ3n) is 4.70. The van der Waals surface area contributed by atoms with E-state index in [9.17, 15) is 0 Å². The van der Waals surface area contributed by atoms with Crippen molar-refractivity contribution >= 4 is 41.5 Å². The van der Waals surface area contributed by atoms with Crippen LogP contribution in [-0.2, 0) is 6.54 Å². The first kappa shape index (κ1) is 22.9. The van der Waals surface area contributed by atoms with Gasteiger partial charge in [-0.3, -0.25) is 4.90 Å². The van der Waals surface area contributed by atoms with Crippen LogP contribution >= 0.6 is 35.6 Å². The Bertz CT molecular complexity index is 751. The molecule has 1 aliphatic rings. The average molecular weight is 519 g/mol. The van der Waals surface area contributed by atoms with Gasteiger partial charge in [0.05, 0.1) is 0 Å². The number of rotatable bonds is 7. The quantitative estimate of drug-likeness (QED) is 0.332. The number of hydrogen-bond donors (Lipinski definition) is 2. The monoisotopic (exact) mass is 518 g/mol. The predicted molar refractivity (Wildman–Crippen MR) is 123 cm³/mol. The Kier molecular flexibility index (Phi) is 9.46. The zero-order valence-electron chi connectivity index (χ0n) is 16.3. The molecular formula is C19H28ClIN6O. The molecule has 0 aliphatic carbocycles. The average Bonchev–Trinajstić information content (AvgIpc) is 3.33. The van der Waals surface area contributed by atoms with E-state index in [0.717, 1.165) is 31.2 Å². The molecule has 2 aromatic rings. The molecule has 154 valence electrons. The molecule has 28 heavy (non-hydrogen) atoms. The van der Waals surface area contributed by atoms with Crippen LogP contribution in [0.4, 0.5) is 0 Å². The molecule has 1 aromatic heterocycles. The summed E-state index contributed by atoms with van der Waals surface area (Å²) in [5.74, 6) is 1.79. The lowest BCUT2D eigenvalue weighted by Gasteiger charge is -2.23. The van der Waals surface area contributed by atoms with Crippen molar-refractivity contribution in [2.24, 2.45) is 4.99 Å². The summed E-state index contributed by atoms with van der Waals surface area (Å²) in [6, 6.07) is 7.92. The Morgan fingerprint density at radius 1 is 1.29 bits per heavy atom. The van der Waals surface area contributed by atoms with Crippen LogP contribution < -0.4 is 10.6 Å². The van der Waals surface area contributed by atoms with Gasteiger partial charge in [0.2, 0.25) is 11.7 Å². The molecule has 2 heterocycles. The topological polar surface area (TPSA) is 78.6 Å². The van der Waals surface area contributed by atoms with Gasteiger partial charge in [0, 0.05) is 29.7 Å². The van der Waals surface area contributed by atoms with Gasteiger partial charge >= 0.3 is 0 Å². The molecule has 1 aromatic carbocycles. The van der Waals surface area contributed by atoms with E-state index in [1.54, 1.807) is 12.1 Å². The van der Waals surface area contributed by atoms with E-state index < -0.39 is 0 Å². The fourth-order valence-corrected chi connectivity index (χ4v) is 3.41. The number of nitrogens with zero attached hydrogens (tertiary/aromatic N) is 4. The number of hydrogen-bond acceptors (Lipinski definition) is 5. The fraction of sp³-hybridized carbons (Fsp3) is 0.526. The van der Waals surface area contributed by atoms with Gasteiger partial charge < -0.3 is 15.2 Å². The highest BCUT2D eigenvalue weighted by Gasteiger charge is 2.22. The fourth-order valence-electron chi connectivity index (χ4n) is 3.28. The van der Waals surface area contributed by atoms with Crippen molar-refractivity contribution in [1.82, 2.24) is 25.7 Å². The van der Waals surface area contributed by atoms with Crippen LogP contribution in [0.3, 0.4) is 0 Å². The lowest BCUT2D eigenvalue weighted by atomic mass is 10.2. The highest BCUT2D eigenvalue weighted by Crippen LogP contribution is 2.19. The van der Waals surface area contributed by atoms with Crippen LogP contribution in [-0.4, -0.2) is 53.2 Å². The van der Waals surface area contributed by atoms with Crippen molar-refractivity contribution in [2.75, 3.05) is 26.2 Å². The SMILES string of the molecule is CCNC(=NCc1nc(-c2ccc(Cl)cc2)no1)NCC1CCCN1CC.I. The normalized spacial score (nSPS) is 17.4. The maximum Gasteiger partial charge on any atom is 0.248 e. The van der Waals surface area contributed by atoms with Gasteiger partial charge in [-0.25, -0.2) is 4.99 Å². The lowest BCUT2D eigenvalue weighted by Crippen LogP contribution is -2.44. The van der Waals surface area contributed by atoms with Gasteiger partial charge in [-0.1, -0.05) is 23.7 Å². The highest BCUT2D eigenvalue weighted by atomic mass is 127. The molecule has 7 nitrogen and oxygen atoms in total. The van der Waals surface area contributed by atoms with Crippen molar-refractivity contribution in [3.05, 3.63) is 35.2 Å². The van der Waals surface area contributed by atoms with Gasteiger partial charge in [-0.15, -0.1) is 24.0 Å². The molecule has 0 saturated carbocycles. The third kappa shape index (κ3) is 6.31. The second-order valence-corrected chi connectivity index (χ2v) is 6.96. The second-order valence-electron chi connectivity index (χ2n) is 6.52. The summed E-state index contributed by atoms with van der Waals surface area (Å²) in [5, 5.41) is 11.4. The molecule has 2 N–H and O–H groups in total. The molecule has 1 aliphatic heterocycles. The number of likely N-dealkylation sites (N-methyl/N-ethyl adjacent to an activating group) is 1. The van der Waals surface area contributed by atoms with Crippen LogP contribution in [0.2, 0.25) is 5.02 Å². The molecule has 1 fully saturated rings. The minimum atomic E-state index is 0. The van der Waals surface area contributed by atoms with E-state index in [1.807, 2.05) is 12.1 Å². The minimum Gasteiger partial charge on any atom is -0.357 e. The van der Waals surface area contributed by atoms with Gasteiger partial charge in [-0.05, 0) is 57.1 Å². The standard InChI is InChI=1S/C19H27ClN6O.HI/c1-3-21-19(22-12-16-6-5-11-26(16)4-2)23-13-17-24-18(25-27-17)14-7-9-15(20)10-8-14;/h7-10,16H,3-6,11-13H2,1-2H3,(H2,21,22,23);1H. The van der Waals surface area contributed by atoms with Crippen molar-refractivity contribution < 1.29 is 4.52 Å². The number of halogens is 2. The van der Waals surface area contributed by atoms with E-state index in [4.69, 9.17) is 16.1 Å². The Hall–Kier alpha value is -1.39. The molecule has 1 atom stereocenters. The first-order valence-electron chi connectivity index (χ1n) is 9.54. The zero-order chi connectivity index (χ0) is 19.1. The maximum atomic E-state index is 5.91. The smallest absolute Gasteiger partial charge is 0.248 e. The molecule has 0 radical (unpaired) electrons. The van der Waals surface area contributed by atoms with Crippen LogP contribution in [0.1, 0.15) is 32.6 Å². The summed E-state index contributed by atoms with van der Waals surface area (Å²) >= 11 is 5.91. The maximum absolute atomic E-state index is 5.91. The van der Waals surface area contributed by atoms with Crippen LogP contribution in [0, 0.1) is 0 Å². The molecule has 0 bridgehead atoms. The van der Waals surface area contributed by atoms with Gasteiger partial charge in [0.25, 0.3) is 0 Å². The van der Waals surface area contributed by atoms with Crippen molar-refractivity contribution in [1.29, 1.82) is 0 Å². The van der Waals surface area contributed by atoms with Crippen molar-refractivity contribution in [3.63, 3.8) is 0 Å². The summed E-state index contributed by atoms with van der Waals surface area (Å²) in [7, 11) is 0. The van der Waals surface area contributed by atoms with E-state index in [0.29, 0.717) is 29.3 Å². The van der Waals surface area contributed by atoms with E-state index in [2.05, 4.69) is 44.5 Å². The van der Waals surface area contributed by atoms with Crippen molar-refractivity contribution in [2.45, 2.75) is 39.3 Å². The predicted octanol–water partition coefficient (Wildman–Crippen LogP) is 3.55. The first-order chi connectivity index (χ1) is 13.2. The summed E-state index contributed by atoms with van der Waals surface area (Å²) in [6.07, 6.45) is 2.50. The first-order valence-corrected chi connectivity index (χ1v) is 9.92. The van der Waals surface area contributed by atoms with Crippen molar-refractivity contribution in [3.8, 4) is 11.4 Å². The van der Waals surface area contributed by atoms with Crippen LogP contribution in [0.25, 0.3) is 11.4 Å². The molecule has 1 unspecified atom stereocenters. The Labute approximate surface area is 188 Å². The van der Waals surface area contributed by atoms with Gasteiger partial charge in [-0.2, -0.15) is 4.98 Å². The molecule has 0 spiro atoms. The summed E-state index contributed by atoms with van der Waals surface area (Å²) in [4.78, 5) is 11.5. The summed E-state index contributed by atoms with van der Waals surface area (Å²) < 4.78 is 5.33. The Morgan fingerprint density at radius 3 is 2.79 bits per heavy atom. The number of aliphatic imine (C=N–C) groups is 1. The Morgan fingerprint density at radius 2 is 2.07 bits per heavy atom. The van der Waals surface area contributed by atoms with Crippen LogP contribution in [0.5, 0.6) is 0 Å². The van der Waals surface area contributed by atoms with Gasteiger partial charge in [0.15, 0.2) is 5.96 Å². The second kappa shape index (κ2) is 11.6. The number of aromatic nitrogens is 2. The van der Waals surface area contributed by atoms with E-state index in [1.165, 1.54) is 19.4 Å². The number of benzene rings is 1. The number of likely N-dealkylation sites (tertiary alicyclic amines) is 1.